The Kier molecular flexibility index (Phi) is 18.4. The second kappa shape index (κ2) is 14.1. The molecule has 0 nitrogen and oxygen atoms in total. The van der Waals surface area contributed by atoms with E-state index in [9.17, 15) is 0 Å². The topological polar surface area (TPSA) is 0 Å². The quantitative estimate of drug-likeness (QED) is 0.442. The predicted molar refractivity (Wildman–Crippen MR) is 62.8 cm³/mol. The van der Waals surface area contributed by atoms with Gasteiger partial charge in [-0.1, -0.05) is 26.7 Å². The molecule has 0 atom stereocenters. The number of halogens is 2. The molecule has 0 amide bonds. The summed E-state index contributed by atoms with van der Waals surface area (Å²) in [6.07, 6.45) is 2.35. The maximum atomic E-state index is 2.21. The summed E-state index contributed by atoms with van der Waals surface area (Å²) in [5.74, 6) is 0. The van der Waals surface area contributed by atoms with Crippen molar-refractivity contribution in [2.75, 3.05) is 0 Å². The zero-order chi connectivity index (χ0) is 10.2. The first-order valence-corrected chi connectivity index (χ1v) is 5.28. The van der Waals surface area contributed by atoms with Crippen molar-refractivity contribution in [1.29, 1.82) is 0 Å². The molecule has 0 aromatic heterocycles. The van der Waals surface area contributed by atoms with Crippen molar-refractivity contribution >= 4 is 0 Å². The molecule has 0 fully saturated rings. The standard InChI is InChI=1S/C9H13.C5H5.2ClH.Ti/c1-3-8-6-5-7-9(8)4-2;1-2-4-5-3-1;;;/h5-7H,3-4H2,1-2H3;1-5H;2*1H;/q2*-1;;;+4/p-2. The molecule has 2 aromatic carbocycles. The van der Waals surface area contributed by atoms with E-state index >= 15 is 0 Å². The second-order valence-corrected chi connectivity index (χ2v) is 3.25. The van der Waals surface area contributed by atoms with Gasteiger partial charge >= 0.3 is 21.7 Å². The molecule has 92 valence electrons. The molecule has 0 heterocycles. The fourth-order valence-corrected chi connectivity index (χ4v) is 1.51. The SMILES string of the molecule is CCc1c[cH-]cc1CC.[Cl-].[Cl-].[Ti+4].c1cc[cH-]c1. The molecule has 0 saturated carbocycles. The first-order valence-electron chi connectivity index (χ1n) is 5.28. The minimum atomic E-state index is 0. The maximum absolute atomic E-state index is 2.21. The van der Waals surface area contributed by atoms with E-state index in [4.69, 9.17) is 0 Å². The number of rotatable bonds is 2. The van der Waals surface area contributed by atoms with Gasteiger partial charge in [-0.25, -0.2) is 12.1 Å². The van der Waals surface area contributed by atoms with Crippen molar-refractivity contribution in [3.63, 3.8) is 0 Å². The third kappa shape index (κ3) is 8.68. The number of hydrogen-bond donors (Lipinski definition) is 0. The van der Waals surface area contributed by atoms with Crippen LogP contribution in [0.15, 0.2) is 48.5 Å². The van der Waals surface area contributed by atoms with Gasteiger partial charge < -0.3 is 24.8 Å². The van der Waals surface area contributed by atoms with Crippen LogP contribution in [0, 0.1) is 0 Å². The van der Waals surface area contributed by atoms with Crippen LogP contribution >= 0.6 is 0 Å². The van der Waals surface area contributed by atoms with Crippen molar-refractivity contribution in [2.24, 2.45) is 0 Å². The first kappa shape index (κ1) is 22.2. The minimum absolute atomic E-state index is 0. The zero-order valence-electron chi connectivity index (χ0n) is 10.3. The van der Waals surface area contributed by atoms with Crippen LogP contribution in [0.25, 0.3) is 0 Å². The maximum Gasteiger partial charge on any atom is 4.00 e. The van der Waals surface area contributed by atoms with Gasteiger partial charge in [0.1, 0.15) is 0 Å². The van der Waals surface area contributed by atoms with Gasteiger partial charge in [-0.15, -0.1) is 0 Å². The van der Waals surface area contributed by atoms with Crippen LogP contribution in [-0.4, -0.2) is 0 Å². The van der Waals surface area contributed by atoms with Gasteiger partial charge in [-0.05, 0) is 0 Å². The third-order valence-corrected chi connectivity index (χ3v) is 2.32. The van der Waals surface area contributed by atoms with E-state index in [2.05, 4.69) is 32.0 Å². The van der Waals surface area contributed by atoms with Crippen molar-refractivity contribution in [2.45, 2.75) is 26.7 Å². The fourth-order valence-electron chi connectivity index (χ4n) is 1.51. The van der Waals surface area contributed by atoms with Crippen LogP contribution in [0.5, 0.6) is 0 Å². The summed E-state index contributed by atoms with van der Waals surface area (Å²) >= 11 is 0. The molecule has 0 aliphatic heterocycles. The van der Waals surface area contributed by atoms with Crippen molar-refractivity contribution in [3.05, 3.63) is 59.7 Å². The van der Waals surface area contributed by atoms with Gasteiger partial charge in [0.2, 0.25) is 0 Å². The van der Waals surface area contributed by atoms with E-state index in [0.29, 0.717) is 0 Å². The third-order valence-electron chi connectivity index (χ3n) is 2.32. The summed E-state index contributed by atoms with van der Waals surface area (Å²) in [6.45, 7) is 4.41. The van der Waals surface area contributed by atoms with Crippen LogP contribution in [0.1, 0.15) is 25.0 Å². The Morgan fingerprint density at radius 3 is 1.47 bits per heavy atom. The average Bonchev–Trinajstić information content (AvgIpc) is 2.91. The Labute approximate surface area is 132 Å². The molecular weight excluding hydrogens is 287 g/mol. The Bertz CT molecular complexity index is 290. The van der Waals surface area contributed by atoms with Crippen molar-refractivity contribution < 1.29 is 46.5 Å². The summed E-state index contributed by atoms with van der Waals surface area (Å²) in [4.78, 5) is 0. The summed E-state index contributed by atoms with van der Waals surface area (Å²) < 4.78 is 0. The minimum Gasteiger partial charge on any atom is -1.00 e. The van der Waals surface area contributed by atoms with Gasteiger partial charge in [0, 0.05) is 0 Å². The number of aryl methyl sites for hydroxylation is 2. The van der Waals surface area contributed by atoms with Gasteiger partial charge in [0.15, 0.2) is 0 Å². The molecule has 3 heteroatoms. The molecule has 0 N–H and O–H groups in total. The smallest absolute Gasteiger partial charge is 1.00 e. The van der Waals surface area contributed by atoms with Crippen LogP contribution in [0.3, 0.4) is 0 Å². The van der Waals surface area contributed by atoms with E-state index in [1.54, 1.807) is 0 Å². The Morgan fingerprint density at radius 1 is 0.824 bits per heavy atom. The fraction of sp³-hybridized carbons (Fsp3) is 0.286. The zero-order valence-corrected chi connectivity index (χ0v) is 13.4. The van der Waals surface area contributed by atoms with E-state index in [1.807, 2.05) is 30.3 Å². The molecule has 0 saturated heterocycles. The molecule has 2 aromatic rings. The molecule has 0 aliphatic rings. The van der Waals surface area contributed by atoms with Crippen molar-refractivity contribution in [3.8, 4) is 0 Å². The van der Waals surface area contributed by atoms with Gasteiger partial charge in [0.05, 0.1) is 0 Å². The van der Waals surface area contributed by atoms with E-state index in [0.717, 1.165) is 0 Å². The van der Waals surface area contributed by atoms with Crippen LogP contribution < -0.4 is 24.8 Å². The van der Waals surface area contributed by atoms with Crippen LogP contribution in [-0.2, 0) is 34.6 Å². The van der Waals surface area contributed by atoms with Crippen molar-refractivity contribution in [1.82, 2.24) is 0 Å². The first-order chi connectivity index (χ1) is 6.88. The molecular formula is C14H18Cl2Ti. The van der Waals surface area contributed by atoms with E-state index in [1.165, 1.54) is 24.0 Å². The monoisotopic (exact) mass is 304 g/mol. The normalized spacial score (nSPS) is 7.65. The molecule has 0 radical (unpaired) electrons. The Hall–Kier alpha value is -0.00571. The Morgan fingerprint density at radius 2 is 1.24 bits per heavy atom. The van der Waals surface area contributed by atoms with Crippen LogP contribution in [0.2, 0.25) is 0 Å². The predicted octanol–water partition coefficient (Wildman–Crippen LogP) is -2.06. The summed E-state index contributed by atoms with van der Waals surface area (Å²) in [5.41, 5.74) is 3.02. The molecule has 0 spiro atoms. The van der Waals surface area contributed by atoms with Gasteiger partial charge in [-0.3, -0.25) is 0 Å². The molecule has 0 bridgehead atoms. The molecule has 0 unspecified atom stereocenters. The van der Waals surface area contributed by atoms with E-state index < -0.39 is 0 Å². The molecule has 17 heavy (non-hydrogen) atoms. The largest absolute Gasteiger partial charge is 4.00 e. The average molecular weight is 305 g/mol. The van der Waals surface area contributed by atoms with Gasteiger partial charge in [0.25, 0.3) is 0 Å². The Balaban J connectivity index is -0.000000216. The van der Waals surface area contributed by atoms with Crippen LogP contribution in [0.4, 0.5) is 0 Å². The molecule has 2 rings (SSSR count). The van der Waals surface area contributed by atoms with E-state index in [-0.39, 0.29) is 46.5 Å². The summed E-state index contributed by atoms with van der Waals surface area (Å²) in [5, 5.41) is 0. The molecule has 0 aliphatic carbocycles. The second-order valence-electron chi connectivity index (χ2n) is 3.25. The summed E-state index contributed by atoms with van der Waals surface area (Å²) in [6, 6.07) is 16.6. The summed E-state index contributed by atoms with van der Waals surface area (Å²) in [7, 11) is 0. The number of hydrogen-bond acceptors (Lipinski definition) is 0. The van der Waals surface area contributed by atoms with Gasteiger partial charge in [-0.2, -0.15) is 47.5 Å².